The predicted octanol–water partition coefficient (Wildman–Crippen LogP) is 5.15. The van der Waals surface area contributed by atoms with Crippen LogP contribution in [0.15, 0.2) is 77.3 Å². The van der Waals surface area contributed by atoms with Crippen molar-refractivity contribution in [2.24, 2.45) is 0 Å². The fraction of sp³-hybridized carbons (Fsp3) is 0.208. The fourth-order valence-corrected chi connectivity index (χ4v) is 4.29. The van der Waals surface area contributed by atoms with E-state index in [2.05, 4.69) is 50.4 Å². The number of hydrogen-bond acceptors (Lipinski definition) is 5. The molecular weight excluding hydrogens is 444 g/mol. The van der Waals surface area contributed by atoms with E-state index in [4.69, 9.17) is 9.47 Å². The van der Waals surface area contributed by atoms with Gasteiger partial charge in [0, 0.05) is 10.2 Å². The topological polar surface area (TPSA) is 50.8 Å². The van der Waals surface area contributed by atoms with Gasteiger partial charge in [-0.15, -0.1) is 0 Å². The Bertz CT molecular complexity index is 1020. The number of carbonyl (C=O) groups excluding carboxylic acids is 1. The van der Waals surface area contributed by atoms with Gasteiger partial charge in [-0.25, -0.2) is 0 Å². The number of benzene rings is 3. The zero-order chi connectivity index (χ0) is 21.1. The SMILES string of the molecule is COC(=O)CN1[C@H](c2ccccc2)c2cc(Br)ccc2N[C@@H]1c1ccc(OC)cc1. The molecule has 154 valence electrons. The number of fused-ring (bicyclic) bond motifs is 1. The van der Waals surface area contributed by atoms with Crippen LogP contribution in [0.4, 0.5) is 5.69 Å². The van der Waals surface area contributed by atoms with Crippen molar-refractivity contribution in [2.75, 3.05) is 26.1 Å². The van der Waals surface area contributed by atoms with Crippen LogP contribution in [0.5, 0.6) is 5.75 Å². The number of halogens is 1. The first-order chi connectivity index (χ1) is 14.6. The van der Waals surface area contributed by atoms with E-state index in [1.807, 2.05) is 48.5 Å². The van der Waals surface area contributed by atoms with Gasteiger partial charge in [-0.3, -0.25) is 9.69 Å². The molecule has 0 bridgehead atoms. The molecule has 1 heterocycles. The van der Waals surface area contributed by atoms with Crippen LogP contribution in [0.25, 0.3) is 0 Å². The van der Waals surface area contributed by atoms with Gasteiger partial charge in [0.25, 0.3) is 0 Å². The smallest absolute Gasteiger partial charge is 0.319 e. The van der Waals surface area contributed by atoms with Crippen molar-refractivity contribution < 1.29 is 14.3 Å². The second kappa shape index (κ2) is 8.90. The highest BCUT2D eigenvalue weighted by Crippen LogP contribution is 2.44. The van der Waals surface area contributed by atoms with Gasteiger partial charge in [0.2, 0.25) is 0 Å². The highest BCUT2D eigenvalue weighted by molar-refractivity contribution is 9.10. The molecule has 0 saturated heterocycles. The molecule has 1 aliphatic heterocycles. The molecule has 3 aromatic rings. The normalized spacial score (nSPS) is 18.2. The molecule has 5 nitrogen and oxygen atoms in total. The Labute approximate surface area is 184 Å². The monoisotopic (exact) mass is 466 g/mol. The third-order valence-corrected chi connectivity index (χ3v) is 5.84. The molecule has 0 unspecified atom stereocenters. The van der Waals surface area contributed by atoms with Crippen LogP contribution in [-0.4, -0.2) is 31.6 Å². The van der Waals surface area contributed by atoms with E-state index in [1.54, 1.807) is 7.11 Å². The quantitative estimate of drug-likeness (QED) is 0.527. The Morgan fingerprint density at radius 1 is 1.00 bits per heavy atom. The zero-order valence-corrected chi connectivity index (χ0v) is 18.4. The Kier molecular flexibility index (Phi) is 6.06. The lowest BCUT2D eigenvalue weighted by Gasteiger charge is -2.44. The molecule has 4 rings (SSSR count). The summed E-state index contributed by atoms with van der Waals surface area (Å²) in [6, 6.07) is 24.2. The lowest BCUT2D eigenvalue weighted by molar-refractivity contribution is -0.143. The standard InChI is InChI=1S/C24H23BrN2O3/c1-29-19-11-8-17(9-12-19)24-26-21-13-10-18(25)14-20(21)23(16-6-4-3-5-7-16)27(24)15-22(28)30-2/h3-14,23-24,26H,15H2,1-2H3/t23-,24+/m1/s1. The van der Waals surface area contributed by atoms with Gasteiger partial charge < -0.3 is 14.8 Å². The third-order valence-electron chi connectivity index (χ3n) is 5.35. The molecule has 3 aromatic carbocycles. The number of nitrogens with zero attached hydrogens (tertiary/aromatic N) is 1. The number of carbonyl (C=O) groups is 1. The average molecular weight is 467 g/mol. The highest BCUT2D eigenvalue weighted by Gasteiger charge is 2.37. The molecule has 2 atom stereocenters. The molecular formula is C24H23BrN2O3. The molecule has 0 saturated carbocycles. The van der Waals surface area contributed by atoms with Crippen molar-refractivity contribution in [2.45, 2.75) is 12.2 Å². The highest BCUT2D eigenvalue weighted by atomic mass is 79.9. The summed E-state index contributed by atoms with van der Waals surface area (Å²) >= 11 is 3.60. The van der Waals surface area contributed by atoms with E-state index in [0.717, 1.165) is 32.6 Å². The number of esters is 1. The fourth-order valence-electron chi connectivity index (χ4n) is 3.91. The maximum Gasteiger partial charge on any atom is 0.319 e. The van der Waals surface area contributed by atoms with Crippen molar-refractivity contribution in [3.63, 3.8) is 0 Å². The largest absolute Gasteiger partial charge is 0.497 e. The van der Waals surface area contributed by atoms with Crippen LogP contribution in [-0.2, 0) is 9.53 Å². The molecule has 1 aliphatic rings. The summed E-state index contributed by atoms with van der Waals surface area (Å²) in [6.07, 6.45) is -0.214. The second-order valence-electron chi connectivity index (χ2n) is 7.11. The van der Waals surface area contributed by atoms with E-state index in [-0.39, 0.29) is 24.7 Å². The molecule has 0 spiro atoms. The van der Waals surface area contributed by atoms with E-state index in [9.17, 15) is 4.79 Å². The Hall–Kier alpha value is -2.83. The van der Waals surface area contributed by atoms with Crippen LogP contribution in [0.3, 0.4) is 0 Å². The average Bonchev–Trinajstić information content (AvgIpc) is 2.79. The Morgan fingerprint density at radius 2 is 1.73 bits per heavy atom. The van der Waals surface area contributed by atoms with Gasteiger partial charge in [-0.05, 0) is 47.0 Å². The number of ether oxygens (including phenoxy) is 2. The molecule has 0 fully saturated rings. The van der Waals surface area contributed by atoms with E-state index >= 15 is 0 Å². The first-order valence-corrected chi connectivity index (χ1v) is 10.5. The molecule has 6 heteroatoms. The first-order valence-electron chi connectivity index (χ1n) is 9.68. The van der Waals surface area contributed by atoms with Gasteiger partial charge in [-0.1, -0.05) is 58.4 Å². The van der Waals surface area contributed by atoms with Crippen LogP contribution in [0.1, 0.15) is 28.9 Å². The van der Waals surface area contributed by atoms with Crippen LogP contribution in [0, 0.1) is 0 Å². The second-order valence-corrected chi connectivity index (χ2v) is 8.03. The summed E-state index contributed by atoms with van der Waals surface area (Å²) in [5, 5.41) is 3.61. The van der Waals surface area contributed by atoms with Gasteiger partial charge in [-0.2, -0.15) is 0 Å². The summed E-state index contributed by atoms with van der Waals surface area (Å²) < 4.78 is 11.3. The minimum absolute atomic E-state index is 0.119. The lowest BCUT2D eigenvalue weighted by Crippen LogP contribution is -2.44. The van der Waals surface area contributed by atoms with Crippen molar-refractivity contribution in [1.29, 1.82) is 0 Å². The van der Waals surface area contributed by atoms with Gasteiger partial charge in [0.05, 0.1) is 26.8 Å². The van der Waals surface area contributed by atoms with E-state index in [1.165, 1.54) is 7.11 Å². The number of methoxy groups -OCH3 is 2. The maximum atomic E-state index is 12.4. The number of rotatable bonds is 5. The summed E-state index contributed by atoms with van der Waals surface area (Å²) in [5.41, 5.74) is 4.29. The third kappa shape index (κ3) is 4.06. The predicted molar refractivity (Wildman–Crippen MR) is 121 cm³/mol. The van der Waals surface area contributed by atoms with Crippen LogP contribution >= 0.6 is 15.9 Å². The van der Waals surface area contributed by atoms with Gasteiger partial charge in [0.15, 0.2) is 0 Å². The maximum absolute atomic E-state index is 12.4. The molecule has 0 aliphatic carbocycles. The molecule has 30 heavy (non-hydrogen) atoms. The lowest BCUT2D eigenvalue weighted by atomic mass is 9.91. The van der Waals surface area contributed by atoms with Gasteiger partial charge >= 0.3 is 5.97 Å². The van der Waals surface area contributed by atoms with Crippen LogP contribution in [0.2, 0.25) is 0 Å². The minimum Gasteiger partial charge on any atom is -0.497 e. The van der Waals surface area contributed by atoms with E-state index in [0.29, 0.717) is 0 Å². The summed E-state index contributed by atoms with van der Waals surface area (Å²) in [6.45, 7) is 0.145. The zero-order valence-electron chi connectivity index (χ0n) is 16.8. The molecule has 0 radical (unpaired) electrons. The van der Waals surface area contributed by atoms with Crippen molar-refractivity contribution in [3.05, 3.63) is 94.0 Å². The molecule has 0 amide bonds. The summed E-state index contributed by atoms with van der Waals surface area (Å²) in [4.78, 5) is 14.5. The van der Waals surface area contributed by atoms with Gasteiger partial charge in [0.1, 0.15) is 11.9 Å². The van der Waals surface area contributed by atoms with Crippen molar-refractivity contribution >= 4 is 27.6 Å². The Balaban J connectivity index is 1.86. The first kappa shape index (κ1) is 20.4. The summed E-state index contributed by atoms with van der Waals surface area (Å²) in [5.74, 6) is 0.507. The minimum atomic E-state index is -0.283. The van der Waals surface area contributed by atoms with Crippen LogP contribution < -0.4 is 10.1 Å². The van der Waals surface area contributed by atoms with E-state index < -0.39 is 0 Å². The number of anilines is 1. The van der Waals surface area contributed by atoms with Crippen molar-refractivity contribution in [1.82, 2.24) is 4.90 Å². The Morgan fingerprint density at radius 3 is 2.40 bits per heavy atom. The summed E-state index contributed by atoms with van der Waals surface area (Å²) in [7, 11) is 3.07. The number of nitrogens with one attached hydrogen (secondary N) is 1. The van der Waals surface area contributed by atoms with Crippen molar-refractivity contribution in [3.8, 4) is 5.75 Å². The molecule has 0 aromatic heterocycles. The number of hydrogen-bond donors (Lipinski definition) is 1. The molecule has 1 N–H and O–H groups in total.